The van der Waals surface area contributed by atoms with Crippen LogP contribution in [-0.2, 0) is 22.5 Å². The summed E-state index contributed by atoms with van der Waals surface area (Å²) in [5.41, 5.74) is 2.31. The Morgan fingerprint density at radius 2 is 1.88 bits per heavy atom. The van der Waals surface area contributed by atoms with Crippen LogP contribution < -0.4 is 5.32 Å². The van der Waals surface area contributed by atoms with Crippen molar-refractivity contribution in [3.63, 3.8) is 0 Å². The summed E-state index contributed by atoms with van der Waals surface area (Å²) in [6.07, 6.45) is 3.97. The molecule has 1 aromatic carbocycles. The van der Waals surface area contributed by atoms with Crippen molar-refractivity contribution in [3.05, 3.63) is 65.8 Å². The summed E-state index contributed by atoms with van der Waals surface area (Å²) in [4.78, 5) is 35.1. The zero-order chi connectivity index (χ0) is 23.2. The first-order valence-corrected chi connectivity index (χ1v) is 11.0. The van der Waals surface area contributed by atoms with Crippen LogP contribution in [0.25, 0.3) is 11.4 Å². The van der Waals surface area contributed by atoms with Crippen molar-refractivity contribution in [2.45, 2.75) is 45.4 Å². The van der Waals surface area contributed by atoms with E-state index in [1.807, 2.05) is 36.9 Å². The van der Waals surface area contributed by atoms with Crippen molar-refractivity contribution in [3.8, 4) is 11.4 Å². The Hall–Kier alpha value is -3.59. The second-order valence-corrected chi connectivity index (χ2v) is 8.19. The third-order valence-electron chi connectivity index (χ3n) is 5.35. The van der Waals surface area contributed by atoms with E-state index in [4.69, 9.17) is 9.26 Å². The largest absolute Gasteiger partial charge is 0.372 e. The van der Waals surface area contributed by atoms with Gasteiger partial charge in [0.25, 0.3) is 5.91 Å². The smallest absolute Gasteiger partial charge is 0.254 e. The number of carbonyl (C=O) groups excluding carboxylic acids is 2. The molecule has 0 aliphatic carbocycles. The Kier molecular flexibility index (Phi) is 7.09. The number of aromatic nitrogens is 3. The van der Waals surface area contributed by atoms with Gasteiger partial charge in [-0.25, -0.2) is 0 Å². The van der Waals surface area contributed by atoms with E-state index in [2.05, 4.69) is 20.4 Å². The van der Waals surface area contributed by atoms with Crippen molar-refractivity contribution < 1.29 is 18.8 Å². The first-order chi connectivity index (χ1) is 16.0. The van der Waals surface area contributed by atoms with Crippen LogP contribution in [0.4, 0.5) is 0 Å². The van der Waals surface area contributed by atoms with Gasteiger partial charge in [0.1, 0.15) is 0 Å². The first kappa shape index (κ1) is 22.6. The number of hydrogen-bond donors (Lipinski definition) is 1. The molecule has 0 radical (unpaired) electrons. The summed E-state index contributed by atoms with van der Waals surface area (Å²) in [7, 11) is 0. The van der Waals surface area contributed by atoms with E-state index in [-0.39, 0.29) is 30.4 Å². The highest BCUT2D eigenvalue weighted by Crippen LogP contribution is 2.16. The zero-order valence-electron chi connectivity index (χ0n) is 18.7. The lowest BCUT2D eigenvalue weighted by Gasteiger charge is -2.35. The predicted molar refractivity (Wildman–Crippen MR) is 120 cm³/mol. The van der Waals surface area contributed by atoms with Gasteiger partial charge in [-0.15, -0.1) is 0 Å². The van der Waals surface area contributed by atoms with Crippen molar-refractivity contribution in [1.82, 2.24) is 25.3 Å². The maximum Gasteiger partial charge on any atom is 0.254 e. The molecule has 2 amide bonds. The lowest BCUT2D eigenvalue weighted by molar-refractivity contribution is -0.121. The normalized spacial score (nSPS) is 18.2. The topological polar surface area (TPSA) is 110 Å². The van der Waals surface area contributed by atoms with Gasteiger partial charge in [0, 0.05) is 56.0 Å². The molecular formula is C24H27N5O4. The van der Waals surface area contributed by atoms with E-state index in [1.54, 1.807) is 30.6 Å². The second-order valence-electron chi connectivity index (χ2n) is 8.19. The van der Waals surface area contributed by atoms with Crippen LogP contribution in [-0.4, -0.2) is 57.1 Å². The summed E-state index contributed by atoms with van der Waals surface area (Å²) in [6.45, 7) is 5.50. The van der Waals surface area contributed by atoms with E-state index in [1.165, 1.54) is 0 Å². The minimum atomic E-state index is -0.118. The van der Waals surface area contributed by atoms with E-state index in [9.17, 15) is 9.59 Å². The molecule has 0 saturated carbocycles. The Bertz CT molecular complexity index is 1070. The molecule has 0 spiro atoms. The number of ether oxygens (including phenoxy) is 1. The molecule has 3 aromatic rings. The van der Waals surface area contributed by atoms with Gasteiger partial charge in [0.2, 0.25) is 17.6 Å². The van der Waals surface area contributed by atoms with Gasteiger partial charge in [-0.1, -0.05) is 17.3 Å². The molecule has 1 N–H and O–H groups in total. The van der Waals surface area contributed by atoms with Crippen LogP contribution in [0.5, 0.6) is 0 Å². The molecule has 4 rings (SSSR count). The molecule has 9 heteroatoms. The molecule has 2 atom stereocenters. The number of rotatable bonds is 7. The Morgan fingerprint density at radius 3 is 2.58 bits per heavy atom. The SMILES string of the molecule is CC1CN(C(=O)c2ccc(CNC(=O)CCc3nc(-c4cccnc4)no3)cc2)CC(C)O1. The Balaban J connectivity index is 1.23. The van der Waals surface area contributed by atoms with Crippen LogP contribution in [0.15, 0.2) is 53.3 Å². The van der Waals surface area contributed by atoms with Crippen LogP contribution in [0.2, 0.25) is 0 Å². The molecule has 3 heterocycles. The van der Waals surface area contributed by atoms with E-state index >= 15 is 0 Å². The van der Waals surface area contributed by atoms with Crippen LogP contribution in [0.1, 0.15) is 42.1 Å². The number of nitrogens with one attached hydrogen (secondary N) is 1. The Labute approximate surface area is 192 Å². The average Bonchev–Trinajstić information content (AvgIpc) is 3.30. The van der Waals surface area contributed by atoms with Gasteiger partial charge in [-0.3, -0.25) is 14.6 Å². The lowest BCUT2D eigenvalue weighted by Crippen LogP contribution is -2.48. The first-order valence-electron chi connectivity index (χ1n) is 11.0. The standard InChI is InChI=1S/C24H27N5O4/c1-16-14-29(15-17(2)32-16)24(31)19-7-5-18(6-8-19)12-26-21(30)9-10-22-27-23(28-33-22)20-4-3-11-25-13-20/h3-8,11,13,16-17H,9-10,12,14-15H2,1-2H3,(H,26,30). The number of carbonyl (C=O) groups is 2. The van der Waals surface area contributed by atoms with Gasteiger partial charge in [0.05, 0.1) is 12.2 Å². The van der Waals surface area contributed by atoms with Gasteiger partial charge in [-0.2, -0.15) is 4.98 Å². The van der Waals surface area contributed by atoms with Crippen molar-refractivity contribution in [2.24, 2.45) is 0 Å². The molecule has 2 unspecified atom stereocenters. The maximum atomic E-state index is 12.8. The summed E-state index contributed by atoms with van der Waals surface area (Å²) >= 11 is 0. The van der Waals surface area contributed by atoms with Gasteiger partial charge >= 0.3 is 0 Å². The number of pyridine rings is 1. The summed E-state index contributed by atoms with van der Waals surface area (Å²) < 4.78 is 10.9. The predicted octanol–water partition coefficient (Wildman–Crippen LogP) is 2.63. The summed E-state index contributed by atoms with van der Waals surface area (Å²) in [6, 6.07) is 11.0. The van der Waals surface area contributed by atoms with Crippen LogP contribution in [0.3, 0.4) is 0 Å². The fraction of sp³-hybridized carbons (Fsp3) is 0.375. The summed E-state index contributed by atoms with van der Waals surface area (Å²) in [5.74, 6) is 0.734. The molecule has 9 nitrogen and oxygen atoms in total. The minimum Gasteiger partial charge on any atom is -0.372 e. The molecule has 0 bridgehead atoms. The molecule has 1 aliphatic rings. The second kappa shape index (κ2) is 10.4. The number of aryl methyl sites for hydroxylation is 1. The minimum absolute atomic E-state index is 0.00204. The Morgan fingerprint density at radius 1 is 1.12 bits per heavy atom. The molecule has 1 fully saturated rings. The lowest BCUT2D eigenvalue weighted by atomic mass is 10.1. The van der Waals surface area contributed by atoms with Gasteiger partial charge in [-0.05, 0) is 43.7 Å². The summed E-state index contributed by atoms with van der Waals surface area (Å²) in [5, 5.41) is 6.81. The van der Waals surface area contributed by atoms with Crippen LogP contribution in [0, 0.1) is 0 Å². The average molecular weight is 450 g/mol. The quantitative estimate of drug-likeness (QED) is 0.590. The zero-order valence-corrected chi connectivity index (χ0v) is 18.7. The maximum absolute atomic E-state index is 12.8. The molecule has 2 aromatic heterocycles. The van der Waals surface area contributed by atoms with Crippen LogP contribution >= 0.6 is 0 Å². The highest BCUT2D eigenvalue weighted by atomic mass is 16.5. The van der Waals surface area contributed by atoms with Gasteiger partial charge in [0.15, 0.2) is 0 Å². The fourth-order valence-corrected chi connectivity index (χ4v) is 3.77. The third-order valence-corrected chi connectivity index (χ3v) is 5.35. The molecule has 172 valence electrons. The van der Waals surface area contributed by atoms with Crippen molar-refractivity contribution in [2.75, 3.05) is 13.1 Å². The third kappa shape index (κ3) is 6.01. The highest BCUT2D eigenvalue weighted by Gasteiger charge is 2.26. The monoisotopic (exact) mass is 449 g/mol. The number of amides is 2. The number of hydrogen-bond acceptors (Lipinski definition) is 7. The van der Waals surface area contributed by atoms with Crippen molar-refractivity contribution >= 4 is 11.8 Å². The highest BCUT2D eigenvalue weighted by molar-refractivity contribution is 5.94. The molecular weight excluding hydrogens is 422 g/mol. The number of nitrogens with zero attached hydrogens (tertiary/aromatic N) is 4. The fourth-order valence-electron chi connectivity index (χ4n) is 3.77. The van der Waals surface area contributed by atoms with E-state index in [0.717, 1.165) is 11.1 Å². The number of morpholine rings is 1. The van der Waals surface area contributed by atoms with Crippen molar-refractivity contribution in [1.29, 1.82) is 0 Å². The van der Waals surface area contributed by atoms with E-state index in [0.29, 0.717) is 43.3 Å². The van der Waals surface area contributed by atoms with E-state index < -0.39 is 0 Å². The molecule has 1 aliphatic heterocycles. The molecule has 1 saturated heterocycles. The number of benzene rings is 1. The molecule has 33 heavy (non-hydrogen) atoms. The van der Waals surface area contributed by atoms with Gasteiger partial charge < -0.3 is 19.5 Å².